The first kappa shape index (κ1) is 14.0. The summed E-state index contributed by atoms with van der Waals surface area (Å²) in [7, 11) is 0. The van der Waals surface area contributed by atoms with Crippen LogP contribution in [0.4, 0.5) is 10.2 Å². The maximum absolute atomic E-state index is 13.5. The molecule has 1 atom stereocenters. The summed E-state index contributed by atoms with van der Waals surface area (Å²) in [5.41, 5.74) is 6.78. The molecule has 6 heteroatoms. The Hall–Kier alpha value is -2.37. The quantitative estimate of drug-likeness (QED) is 0.894. The molecule has 1 aromatic carbocycles. The molecule has 20 heavy (non-hydrogen) atoms. The number of amides is 1. The zero-order valence-electron chi connectivity index (χ0n) is 11.4. The number of nitrogens with two attached hydrogens (primary N) is 1. The van der Waals surface area contributed by atoms with Gasteiger partial charge in [0.25, 0.3) is 0 Å². The van der Waals surface area contributed by atoms with E-state index in [9.17, 15) is 9.18 Å². The average Bonchev–Trinajstić information content (AvgIpc) is 2.77. The van der Waals surface area contributed by atoms with E-state index in [1.54, 1.807) is 38.2 Å². The van der Waals surface area contributed by atoms with Gasteiger partial charge in [0.15, 0.2) is 0 Å². The van der Waals surface area contributed by atoms with Crippen LogP contribution in [-0.2, 0) is 11.3 Å². The van der Waals surface area contributed by atoms with Crippen molar-refractivity contribution in [1.82, 2.24) is 15.1 Å². The first-order chi connectivity index (χ1) is 9.45. The molecule has 0 fully saturated rings. The molecule has 5 nitrogen and oxygen atoms in total. The second-order valence-corrected chi connectivity index (χ2v) is 4.74. The molecular weight excluding hydrogens is 259 g/mol. The minimum atomic E-state index is -0.275. The Balaban J connectivity index is 1.98. The number of anilines is 1. The number of halogens is 1. The van der Waals surface area contributed by atoms with Crippen LogP contribution in [0, 0.1) is 12.7 Å². The van der Waals surface area contributed by atoms with Gasteiger partial charge in [0, 0.05) is 6.20 Å². The average molecular weight is 276 g/mol. The number of hydrogen-bond donors (Lipinski definition) is 2. The minimum absolute atomic E-state index is 0.0792. The fraction of sp³-hybridized carbons (Fsp3) is 0.286. The second kappa shape index (κ2) is 5.73. The van der Waals surface area contributed by atoms with Crippen LogP contribution in [-0.4, -0.2) is 15.7 Å². The highest BCUT2D eigenvalue weighted by molar-refractivity contribution is 5.76. The number of nitrogens with one attached hydrogen (secondary N) is 1. The number of aromatic nitrogens is 2. The van der Waals surface area contributed by atoms with Crippen molar-refractivity contribution in [2.45, 2.75) is 26.4 Å². The van der Waals surface area contributed by atoms with E-state index in [1.165, 1.54) is 10.7 Å². The fourth-order valence-electron chi connectivity index (χ4n) is 1.86. The van der Waals surface area contributed by atoms with Gasteiger partial charge in [-0.3, -0.25) is 9.48 Å². The molecule has 0 saturated carbocycles. The highest BCUT2D eigenvalue weighted by Gasteiger charge is 2.11. The van der Waals surface area contributed by atoms with Crippen LogP contribution in [0.5, 0.6) is 0 Å². The van der Waals surface area contributed by atoms with Crippen LogP contribution >= 0.6 is 0 Å². The third kappa shape index (κ3) is 3.34. The van der Waals surface area contributed by atoms with Gasteiger partial charge in [-0.05, 0) is 37.1 Å². The lowest BCUT2D eigenvalue weighted by Crippen LogP contribution is -2.30. The van der Waals surface area contributed by atoms with Crippen molar-refractivity contribution in [3.05, 3.63) is 47.4 Å². The molecule has 3 N–H and O–H groups in total. The van der Waals surface area contributed by atoms with Crippen molar-refractivity contribution in [2.24, 2.45) is 0 Å². The van der Waals surface area contributed by atoms with Crippen LogP contribution in [0.15, 0.2) is 30.5 Å². The zero-order valence-corrected chi connectivity index (χ0v) is 11.4. The molecule has 0 aliphatic rings. The summed E-state index contributed by atoms with van der Waals surface area (Å²) in [5.74, 6) is -0.114. The Morgan fingerprint density at radius 1 is 1.50 bits per heavy atom. The largest absolute Gasteiger partial charge is 0.382 e. The van der Waals surface area contributed by atoms with E-state index in [1.807, 2.05) is 0 Å². The lowest BCUT2D eigenvalue weighted by Gasteiger charge is -2.15. The topological polar surface area (TPSA) is 72.9 Å². The van der Waals surface area contributed by atoms with Crippen molar-refractivity contribution in [1.29, 1.82) is 0 Å². The van der Waals surface area contributed by atoms with Gasteiger partial charge in [-0.2, -0.15) is 5.10 Å². The number of carbonyl (C=O) groups excluding carboxylic acids is 1. The van der Waals surface area contributed by atoms with E-state index in [0.29, 0.717) is 11.4 Å². The molecule has 1 heterocycles. The normalized spacial score (nSPS) is 12.2. The fourth-order valence-corrected chi connectivity index (χ4v) is 1.86. The number of hydrogen-bond acceptors (Lipinski definition) is 3. The van der Waals surface area contributed by atoms with Gasteiger partial charge < -0.3 is 11.1 Å². The predicted molar refractivity (Wildman–Crippen MR) is 74.3 cm³/mol. The summed E-state index contributed by atoms with van der Waals surface area (Å²) in [6.07, 6.45) is 1.63. The van der Waals surface area contributed by atoms with Gasteiger partial charge in [0.05, 0.1) is 6.04 Å². The Kier molecular flexibility index (Phi) is 4.02. The van der Waals surface area contributed by atoms with E-state index < -0.39 is 0 Å². The first-order valence-corrected chi connectivity index (χ1v) is 6.30. The predicted octanol–water partition coefficient (Wildman–Crippen LogP) is 1.79. The van der Waals surface area contributed by atoms with Crippen molar-refractivity contribution in [3.8, 4) is 0 Å². The van der Waals surface area contributed by atoms with Crippen molar-refractivity contribution < 1.29 is 9.18 Å². The van der Waals surface area contributed by atoms with Crippen LogP contribution in [0.1, 0.15) is 24.1 Å². The maximum atomic E-state index is 13.5. The summed E-state index contributed by atoms with van der Waals surface area (Å²) in [5, 5.41) is 6.72. The van der Waals surface area contributed by atoms with Gasteiger partial charge in [-0.25, -0.2) is 4.39 Å². The summed E-state index contributed by atoms with van der Waals surface area (Å²) in [6, 6.07) is 6.28. The number of carbonyl (C=O) groups is 1. The van der Waals surface area contributed by atoms with E-state index in [0.717, 1.165) is 5.56 Å². The monoisotopic (exact) mass is 276 g/mol. The summed E-state index contributed by atoms with van der Waals surface area (Å²) >= 11 is 0. The van der Waals surface area contributed by atoms with Crippen LogP contribution in [0.2, 0.25) is 0 Å². The lowest BCUT2D eigenvalue weighted by atomic mass is 10.1. The Labute approximate surface area is 116 Å². The first-order valence-electron chi connectivity index (χ1n) is 6.30. The molecule has 0 aliphatic heterocycles. The zero-order chi connectivity index (χ0) is 14.7. The van der Waals surface area contributed by atoms with Gasteiger partial charge >= 0.3 is 0 Å². The number of nitrogens with zero attached hydrogens (tertiary/aromatic N) is 2. The SMILES string of the molecule is Cc1ccc(C(C)NC(=O)Cn2ccc(N)n2)cc1F. The third-order valence-electron chi connectivity index (χ3n) is 3.04. The molecule has 0 spiro atoms. The molecule has 0 saturated heterocycles. The Bertz CT molecular complexity index is 623. The van der Waals surface area contributed by atoms with E-state index in [-0.39, 0.29) is 24.3 Å². The summed E-state index contributed by atoms with van der Waals surface area (Å²) in [6.45, 7) is 3.58. The van der Waals surface area contributed by atoms with Gasteiger partial charge in [0.1, 0.15) is 18.2 Å². The number of nitrogen functional groups attached to an aromatic ring is 1. The molecule has 106 valence electrons. The molecule has 2 rings (SSSR count). The molecule has 0 aliphatic carbocycles. The summed E-state index contributed by atoms with van der Waals surface area (Å²) < 4.78 is 14.9. The second-order valence-electron chi connectivity index (χ2n) is 4.74. The molecule has 2 aromatic rings. The van der Waals surface area contributed by atoms with E-state index in [2.05, 4.69) is 10.4 Å². The summed E-state index contributed by atoms with van der Waals surface area (Å²) in [4.78, 5) is 11.9. The van der Waals surface area contributed by atoms with Gasteiger partial charge in [0.2, 0.25) is 5.91 Å². The maximum Gasteiger partial charge on any atom is 0.242 e. The highest BCUT2D eigenvalue weighted by Crippen LogP contribution is 2.16. The molecule has 1 aromatic heterocycles. The van der Waals surface area contributed by atoms with Crippen molar-refractivity contribution in [3.63, 3.8) is 0 Å². The minimum Gasteiger partial charge on any atom is -0.382 e. The number of rotatable bonds is 4. The Morgan fingerprint density at radius 3 is 2.85 bits per heavy atom. The van der Waals surface area contributed by atoms with Gasteiger partial charge in [-0.1, -0.05) is 12.1 Å². The molecular formula is C14H17FN4O. The molecule has 1 unspecified atom stereocenters. The van der Waals surface area contributed by atoms with Crippen LogP contribution in [0.3, 0.4) is 0 Å². The van der Waals surface area contributed by atoms with Crippen molar-refractivity contribution in [2.75, 3.05) is 5.73 Å². The standard InChI is InChI=1S/C14H17FN4O/c1-9-3-4-11(7-12(9)15)10(2)17-14(20)8-19-6-5-13(16)18-19/h3-7,10H,8H2,1-2H3,(H2,16,18)(H,17,20). The van der Waals surface area contributed by atoms with Crippen LogP contribution in [0.25, 0.3) is 0 Å². The van der Waals surface area contributed by atoms with Crippen molar-refractivity contribution >= 4 is 11.7 Å². The Morgan fingerprint density at radius 2 is 2.25 bits per heavy atom. The molecule has 0 bridgehead atoms. The number of aryl methyl sites for hydroxylation is 1. The van der Waals surface area contributed by atoms with E-state index >= 15 is 0 Å². The van der Waals surface area contributed by atoms with E-state index in [4.69, 9.17) is 5.73 Å². The van der Waals surface area contributed by atoms with Gasteiger partial charge in [-0.15, -0.1) is 0 Å². The molecule has 0 radical (unpaired) electrons. The molecule has 1 amide bonds. The highest BCUT2D eigenvalue weighted by atomic mass is 19.1. The number of benzene rings is 1. The smallest absolute Gasteiger partial charge is 0.242 e. The lowest BCUT2D eigenvalue weighted by molar-refractivity contribution is -0.122. The van der Waals surface area contributed by atoms with Crippen LogP contribution < -0.4 is 11.1 Å². The third-order valence-corrected chi connectivity index (χ3v) is 3.04.